The molecule has 1 fully saturated rings. The van der Waals surface area contributed by atoms with Crippen molar-refractivity contribution in [2.75, 3.05) is 19.8 Å². The SMILES string of the molecule is CC(C)(C)N1CCOCC1OC=O. The number of hydrogen-bond acceptors (Lipinski definition) is 4. The summed E-state index contributed by atoms with van der Waals surface area (Å²) >= 11 is 0. The molecule has 1 heterocycles. The Morgan fingerprint density at radius 1 is 1.54 bits per heavy atom. The fraction of sp³-hybridized carbons (Fsp3) is 0.889. The zero-order valence-electron chi connectivity index (χ0n) is 8.45. The van der Waals surface area contributed by atoms with Crippen molar-refractivity contribution in [3.05, 3.63) is 0 Å². The van der Waals surface area contributed by atoms with Crippen LogP contribution in [0.2, 0.25) is 0 Å². The van der Waals surface area contributed by atoms with Crippen LogP contribution in [0.5, 0.6) is 0 Å². The molecule has 0 saturated carbocycles. The Hall–Kier alpha value is -0.610. The molecule has 1 rings (SSSR count). The third-order valence-corrected chi connectivity index (χ3v) is 2.16. The molecule has 76 valence electrons. The summed E-state index contributed by atoms with van der Waals surface area (Å²) in [7, 11) is 0. The van der Waals surface area contributed by atoms with Crippen LogP contribution in [-0.2, 0) is 14.3 Å². The van der Waals surface area contributed by atoms with E-state index in [-0.39, 0.29) is 11.8 Å². The van der Waals surface area contributed by atoms with E-state index >= 15 is 0 Å². The second-order valence-electron chi connectivity index (χ2n) is 4.13. The lowest BCUT2D eigenvalue weighted by Gasteiger charge is -2.42. The van der Waals surface area contributed by atoms with Gasteiger partial charge in [-0.3, -0.25) is 9.69 Å². The van der Waals surface area contributed by atoms with Gasteiger partial charge in [-0.25, -0.2) is 0 Å². The molecule has 0 aromatic rings. The van der Waals surface area contributed by atoms with Crippen LogP contribution in [0.4, 0.5) is 0 Å². The Kier molecular flexibility index (Phi) is 3.27. The van der Waals surface area contributed by atoms with Gasteiger partial charge in [0, 0.05) is 12.1 Å². The van der Waals surface area contributed by atoms with E-state index < -0.39 is 0 Å². The monoisotopic (exact) mass is 187 g/mol. The van der Waals surface area contributed by atoms with Crippen molar-refractivity contribution in [3.8, 4) is 0 Å². The summed E-state index contributed by atoms with van der Waals surface area (Å²) in [5.74, 6) is 0. The maximum absolute atomic E-state index is 10.2. The second-order valence-corrected chi connectivity index (χ2v) is 4.13. The molecular weight excluding hydrogens is 170 g/mol. The molecule has 0 radical (unpaired) electrons. The number of hydrogen-bond donors (Lipinski definition) is 0. The lowest BCUT2D eigenvalue weighted by Crippen LogP contribution is -2.55. The summed E-state index contributed by atoms with van der Waals surface area (Å²) < 4.78 is 10.2. The van der Waals surface area contributed by atoms with Gasteiger partial charge in [0.15, 0.2) is 6.23 Å². The molecule has 1 aliphatic rings. The molecule has 0 N–H and O–H groups in total. The van der Waals surface area contributed by atoms with Gasteiger partial charge in [0.05, 0.1) is 13.2 Å². The topological polar surface area (TPSA) is 38.8 Å². The van der Waals surface area contributed by atoms with Crippen molar-refractivity contribution >= 4 is 6.47 Å². The highest BCUT2D eigenvalue weighted by molar-refractivity contribution is 5.37. The molecule has 1 atom stereocenters. The summed E-state index contributed by atoms with van der Waals surface area (Å²) in [6.07, 6.45) is -0.230. The lowest BCUT2D eigenvalue weighted by atomic mass is 10.1. The van der Waals surface area contributed by atoms with Gasteiger partial charge in [0.25, 0.3) is 6.47 Å². The predicted octanol–water partition coefficient (Wildman–Crippen LogP) is 0.616. The minimum atomic E-state index is -0.230. The van der Waals surface area contributed by atoms with Crippen LogP contribution < -0.4 is 0 Å². The molecule has 1 saturated heterocycles. The number of carbonyl (C=O) groups is 1. The summed E-state index contributed by atoms with van der Waals surface area (Å²) in [6.45, 7) is 8.75. The Morgan fingerprint density at radius 2 is 2.23 bits per heavy atom. The van der Waals surface area contributed by atoms with Gasteiger partial charge >= 0.3 is 0 Å². The third kappa shape index (κ3) is 2.67. The van der Waals surface area contributed by atoms with Crippen molar-refractivity contribution in [1.82, 2.24) is 4.90 Å². The Balaban J connectivity index is 2.61. The van der Waals surface area contributed by atoms with Crippen molar-refractivity contribution in [2.24, 2.45) is 0 Å². The van der Waals surface area contributed by atoms with E-state index in [0.29, 0.717) is 19.7 Å². The van der Waals surface area contributed by atoms with Crippen molar-refractivity contribution in [1.29, 1.82) is 0 Å². The number of nitrogens with zero attached hydrogens (tertiary/aromatic N) is 1. The highest BCUT2D eigenvalue weighted by Crippen LogP contribution is 2.19. The minimum absolute atomic E-state index is 0.0114. The van der Waals surface area contributed by atoms with Gasteiger partial charge in [0.2, 0.25) is 0 Å². The van der Waals surface area contributed by atoms with E-state index in [4.69, 9.17) is 9.47 Å². The zero-order chi connectivity index (χ0) is 9.90. The minimum Gasteiger partial charge on any atom is -0.446 e. The molecule has 4 nitrogen and oxygen atoms in total. The largest absolute Gasteiger partial charge is 0.446 e. The van der Waals surface area contributed by atoms with Crippen LogP contribution in [-0.4, -0.2) is 42.9 Å². The van der Waals surface area contributed by atoms with Crippen LogP contribution in [0.15, 0.2) is 0 Å². The zero-order valence-corrected chi connectivity index (χ0v) is 8.45. The van der Waals surface area contributed by atoms with Gasteiger partial charge in [-0.1, -0.05) is 0 Å². The first kappa shape index (κ1) is 10.5. The number of carbonyl (C=O) groups excluding carboxylic acids is 1. The molecule has 0 aromatic heterocycles. The number of rotatable bonds is 2. The van der Waals surface area contributed by atoms with Gasteiger partial charge < -0.3 is 9.47 Å². The number of morpholine rings is 1. The summed E-state index contributed by atoms with van der Waals surface area (Å²) in [4.78, 5) is 12.4. The molecule has 0 amide bonds. The normalized spacial score (nSPS) is 25.6. The molecule has 1 aliphatic heterocycles. The Labute approximate surface area is 78.8 Å². The van der Waals surface area contributed by atoms with Crippen LogP contribution in [0, 0.1) is 0 Å². The Bertz CT molecular complexity index is 176. The van der Waals surface area contributed by atoms with Crippen LogP contribution in [0.1, 0.15) is 20.8 Å². The average Bonchev–Trinajstić information content (AvgIpc) is 2.04. The van der Waals surface area contributed by atoms with E-state index in [2.05, 4.69) is 25.7 Å². The van der Waals surface area contributed by atoms with E-state index in [9.17, 15) is 4.79 Å². The van der Waals surface area contributed by atoms with Gasteiger partial charge in [0.1, 0.15) is 0 Å². The number of ether oxygens (including phenoxy) is 2. The summed E-state index contributed by atoms with van der Waals surface area (Å²) in [5, 5.41) is 0. The maximum Gasteiger partial charge on any atom is 0.294 e. The average molecular weight is 187 g/mol. The van der Waals surface area contributed by atoms with Gasteiger partial charge in [-0.2, -0.15) is 0 Å². The maximum atomic E-state index is 10.2. The van der Waals surface area contributed by atoms with Crippen molar-refractivity contribution in [3.63, 3.8) is 0 Å². The Morgan fingerprint density at radius 3 is 2.77 bits per heavy atom. The van der Waals surface area contributed by atoms with E-state index in [1.165, 1.54) is 0 Å². The van der Waals surface area contributed by atoms with Crippen LogP contribution >= 0.6 is 0 Å². The summed E-state index contributed by atoms with van der Waals surface area (Å²) in [5.41, 5.74) is 0.0114. The van der Waals surface area contributed by atoms with E-state index in [0.717, 1.165) is 6.54 Å². The molecule has 0 bridgehead atoms. The second kappa shape index (κ2) is 4.07. The van der Waals surface area contributed by atoms with Gasteiger partial charge in [-0.15, -0.1) is 0 Å². The molecule has 4 heteroatoms. The first-order chi connectivity index (χ1) is 6.05. The predicted molar refractivity (Wildman–Crippen MR) is 48.2 cm³/mol. The fourth-order valence-corrected chi connectivity index (χ4v) is 1.53. The third-order valence-electron chi connectivity index (χ3n) is 2.16. The van der Waals surface area contributed by atoms with Gasteiger partial charge in [-0.05, 0) is 20.8 Å². The lowest BCUT2D eigenvalue weighted by molar-refractivity contribution is -0.174. The van der Waals surface area contributed by atoms with Crippen LogP contribution in [0.25, 0.3) is 0 Å². The molecular formula is C9H17NO3. The fourth-order valence-electron chi connectivity index (χ4n) is 1.53. The standard InChI is InChI=1S/C9H17NO3/c1-9(2,3)10-4-5-12-6-8(10)13-7-11/h7-8H,4-6H2,1-3H3. The molecule has 0 aliphatic carbocycles. The van der Waals surface area contributed by atoms with Crippen molar-refractivity contribution in [2.45, 2.75) is 32.5 Å². The highest BCUT2D eigenvalue weighted by atomic mass is 16.6. The van der Waals surface area contributed by atoms with Crippen molar-refractivity contribution < 1.29 is 14.3 Å². The first-order valence-electron chi connectivity index (χ1n) is 4.49. The van der Waals surface area contributed by atoms with E-state index in [1.54, 1.807) is 0 Å². The molecule has 0 aromatic carbocycles. The molecule has 13 heavy (non-hydrogen) atoms. The molecule has 1 unspecified atom stereocenters. The molecule has 0 spiro atoms. The first-order valence-corrected chi connectivity index (χ1v) is 4.49. The van der Waals surface area contributed by atoms with E-state index in [1.807, 2.05) is 0 Å². The van der Waals surface area contributed by atoms with Crippen LogP contribution in [0.3, 0.4) is 0 Å². The quantitative estimate of drug-likeness (QED) is 0.594. The smallest absolute Gasteiger partial charge is 0.294 e. The summed E-state index contributed by atoms with van der Waals surface area (Å²) in [6, 6.07) is 0. The highest BCUT2D eigenvalue weighted by Gasteiger charge is 2.32.